The molecular weight excluding hydrogens is 282 g/mol. The van der Waals surface area contributed by atoms with Gasteiger partial charge in [0.1, 0.15) is 0 Å². The Bertz CT molecular complexity index is 617. The van der Waals surface area contributed by atoms with E-state index >= 15 is 0 Å². The molecule has 0 saturated heterocycles. The van der Waals surface area contributed by atoms with Crippen LogP contribution in [0.5, 0.6) is 0 Å². The van der Waals surface area contributed by atoms with Crippen LogP contribution in [0.2, 0.25) is 5.02 Å². The lowest BCUT2D eigenvalue weighted by Crippen LogP contribution is -2.07. The van der Waals surface area contributed by atoms with Gasteiger partial charge in [-0.15, -0.1) is 16.9 Å². The number of aromatic nitrogens is 4. The third-order valence-corrected chi connectivity index (χ3v) is 3.96. The first-order valence-corrected chi connectivity index (χ1v) is 7.07. The van der Waals surface area contributed by atoms with Gasteiger partial charge in [0.25, 0.3) is 0 Å². The quantitative estimate of drug-likeness (QED) is 0.810. The van der Waals surface area contributed by atoms with Crippen LogP contribution in [0.3, 0.4) is 0 Å². The molecule has 98 valence electrons. The highest BCUT2D eigenvalue weighted by atomic mass is 35.5. The van der Waals surface area contributed by atoms with Crippen LogP contribution >= 0.6 is 23.4 Å². The molecule has 19 heavy (non-hydrogen) atoms. The first-order chi connectivity index (χ1) is 9.11. The molecule has 0 aliphatic heterocycles. The number of nitrogens with zero attached hydrogens (tertiary/aromatic N) is 5. The highest BCUT2D eigenvalue weighted by molar-refractivity contribution is 7.98. The van der Waals surface area contributed by atoms with Crippen molar-refractivity contribution in [1.82, 2.24) is 20.2 Å². The Kier molecular flexibility index (Phi) is 4.40. The Labute approximate surface area is 120 Å². The van der Waals surface area contributed by atoms with E-state index in [1.807, 2.05) is 19.9 Å². The number of halogens is 1. The molecule has 0 spiro atoms. The first-order valence-electron chi connectivity index (χ1n) is 5.71. The molecule has 1 aromatic heterocycles. The normalized spacial score (nSPS) is 10.7. The van der Waals surface area contributed by atoms with Gasteiger partial charge in [0, 0.05) is 4.90 Å². The molecule has 0 aliphatic carbocycles. The zero-order chi connectivity index (χ0) is 13.8. The monoisotopic (exact) mass is 293 g/mol. The van der Waals surface area contributed by atoms with E-state index in [1.165, 1.54) is 0 Å². The van der Waals surface area contributed by atoms with Crippen molar-refractivity contribution in [3.05, 3.63) is 34.6 Å². The van der Waals surface area contributed by atoms with Gasteiger partial charge in [-0.1, -0.05) is 11.6 Å². The molecule has 0 amide bonds. The van der Waals surface area contributed by atoms with Crippen LogP contribution < -0.4 is 0 Å². The Balaban J connectivity index is 2.11. The Morgan fingerprint density at radius 2 is 2.26 bits per heavy atom. The highest BCUT2D eigenvalue weighted by Crippen LogP contribution is 2.30. The van der Waals surface area contributed by atoms with Crippen LogP contribution in [0.4, 0.5) is 0 Å². The molecule has 7 heteroatoms. The van der Waals surface area contributed by atoms with Crippen LogP contribution in [-0.4, -0.2) is 20.2 Å². The largest absolute Gasteiger partial charge is 0.226 e. The average Bonchev–Trinajstić information content (AvgIpc) is 2.85. The fourth-order valence-electron chi connectivity index (χ4n) is 1.54. The number of thioether (sulfide) groups is 1. The van der Waals surface area contributed by atoms with Crippen molar-refractivity contribution in [2.45, 2.75) is 30.5 Å². The van der Waals surface area contributed by atoms with Crippen molar-refractivity contribution in [2.75, 3.05) is 0 Å². The lowest BCUT2D eigenvalue weighted by molar-refractivity contribution is 0.501. The molecule has 0 fully saturated rings. The van der Waals surface area contributed by atoms with Gasteiger partial charge in [-0.05, 0) is 42.5 Å². The van der Waals surface area contributed by atoms with Gasteiger partial charge >= 0.3 is 0 Å². The second kappa shape index (κ2) is 6.04. The van der Waals surface area contributed by atoms with Crippen molar-refractivity contribution < 1.29 is 0 Å². The van der Waals surface area contributed by atoms with Crippen molar-refractivity contribution >= 4 is 23.4 Å². The standard InChI is InChI=1S/C12H12ClN5S/c1-8(2)18-12(15-16-17-18)7-19-11-4-3-9(6-14)5-10(11)13/h3-5,8H,7H2,1-2H3. The van der Waals surface area contributed by atoms with Gasteiger partial charge in [0.15, 0.2) is 5.82 Å². The van der Waals surface area contributed by atoms with E-state index < -0.39 is 0 Å². The van der Waals surface area contributed by atoms with Crippen molar-refractivity contribution in [2.24, 2.45) is 0 Å². The Hall–Kier alpha value is -1.58. The molecule has 5 nitrogen and oxygen atoms in total. The van der Waals surface area contributed by atoms with Crippen LogP contribution in [0.1, 0.15) is 31.3 Å². The van der Waals surface area contributed by atoms with E-state index in [0.717, 1.165) is 10.7 Å². The molecule has 0 atom stereocenters. The second-order valence-electron chi connectivity index (χ2n) is 4.18. The van der Waals surface area contributed by atoms with Crippen LogP contribution in [0, 0.1) is 11.3 Å². The smallest absolute Gasteiger partial charge is 0.161 e. The topological polar surface area (TPSA) is 67.4 Å². The van der Waals surface area contributed by atoms with Gasteiger partial charge in [0.2, 0.25) is 0 Å². The molecule has 1 aromatic carbocycles. The second-order valence-corrected chi connectivity index (χ2v) is 5.60. The summed E-state index contributed by atoms with van der Waals surface area (Å²) in [6, 6.07) is 7.54. The van der Waals surface area contributed by atoms with Gasteiger partial charge < -0.3 is 0 Å². The molecule has 0 radical (unpaired) electrons. The predicted molar refractivity (Wildman–Crippen MR) is 73.9 cm³/mol. The van der Waals surface area contributed by atoms with Gasteiger partial charge in [-0.3, -0.25) is 0 Å². The Morgan fingerprint density at radius 3 is 2.89 bits per heavy atom. The fraction of sp³-hybridized carbons (Fsp3) is 0.333. The van der Waals surface area contributed by atoms with E-state index in [2.05, 4.69) is 21.6 Å². The number of nitriles is 1. The molecule has 0 aliphatic rings. The first kappa shape index (κ1) is 13.8. The van der Waals surface area contributed by atoms with Crippen LogP contribution in [-0.2, 0) is 5.75 Å². The lowest BCUT2D eigenvalue weighted by atomic mass is 10.2. The molecular formula is C12H12ClN5S. The SMILES string of the molecule is CC(C)n1nnnc1CSc1ccc(C#N)cc1Cl. The van der Waals surface area contributed by atoms with Crippen molar-refractivity contribution in [3.63, 3.8) is 0 Å². The molecule has 0 unspecified atom stereocenters. The van der Waals surface area contributed by atoms with Crippen LogP contribution in [0.15, 0.2) is 23.1 Å². The van der Waals surface area contributed by atoms with Crippen LogP contribution in [0.25, 0.3) is 0 Å². The van der Waals surface area contributed by atoms with Gasteiger partial charge in [-0.25, -0.2) is 4.68 Å². The minimum atomic E-state index is 0.224. The fourth-order valence-corrected chi connectivity index (χ4v) is 2.72. The zero-order valence-electron chi connectivity index (χ0n) is 10.5. The van der Waals surface area contributed by atoms with E-state index in [9.17, 15) is 0 Å². The van der Waals surface area contributed by atoms with E-state index in [0.29, 0.717) is 16.3 Å². The molecule has 2 rings (SSSR count). The zero-order valence-corrected chi connectivity index (χ0v) is 12.1. The minimum Gasteiger partial charge on any atom is -0.226 e. The summed E-state index contributed by atoms with van der Waals surface area (Å²) in [5.74, 6) is 1.44. The van der Waals surface area contributed by atoms with Crippen molar-refractivity contribution in [1.29, 1.82) is 5.26 Å². The third-order valence-electron chi connectivity index (χ3n) is 2.47. The van der Waals surface area contributed by atoms with Crippen molar-refractivity contribution in [3.8, 4) is 6.07 Å². The number of hydrogen-bond acceptors (Lipinski definition) is 5. The van der Waals surface area contributed by atoms with E-state index in [4.69, 9.17) is 16.9 Å². The summed E-state index contributed by atoms with van der Waals surface area (Å²) >= 11 is 7.67. The van der Waals surface area contributed by atoms with E-state index in [1.54, 1.807) is 28.6 Å². The van der Waals surface area contributed by atoms with Gasteiger partial charge in [-0.2, -0.15) is 5.26 Å². The summed E-state index contributed by atoms with van der Waals surface area (Å²) in [5, 5.41) is 21.0. The summed E-state index contributed by atoms with van der Waals surface area (Å²) in [5.41, 5.74) is 0.557. The minimum absolute atomic E-state index is 0.224. The Morgan fingerprint density at radius 1 is 1.47 bits per heavy atom. The number of rotatable bonds is 4. The number of tetrazole rings is 1. The van der Waals surface area contributed by atoms with Gasteiger partial charge in [0.05, 0.1) is 28.5 Å². The van der Waals surface area contributed by atoms with E-state index in [-0.39, 0.29) is 6.04 Å². The summed E-state index contributed by atoms with van der Waals surface area (Å²) in [6.45, 7) is 4.05. The molecule has 2 aromatic rings. The lowest BCUT2D eigenvalue weighted by Gasteiger charge is -2.08. The molecule has 0 bridgehead atoms. The summed E-state index contributed by atoms with van der Waals surface area (Å²) in [6.07, 6.45) is 0. The summed E-state index contributed by atoms with van der Waals surface area (Å²) < 4.78 is 1.78. The molecule has 1 heterocycles. The maximum Gasteiger partial charge on any atom is 0.161 e. The summed E-state index contributed by atoms with van der Waals surface area (Å²) in [4.78, 5) is 0.916. The molecule has 0 N–H and O–H groups in total. The maximum atomic E-state index is 8.79. The highest BCUT2D eigenvalue weighted by Gasteiger charge is 2.10. The number of hydrogen-bond donors (Lipinski definition) is 0. The average molecular weight is 294 g/mol. The third kappa shape index (κ3) is 3.25. The molecule has 0 saturated carbocycles. The summed E-state index contributed by atoms with van der Waals surface area (Å²) in [7, 11) is 0. The predicted octanol–water partition coefficient (Wildman–Crippen LogP) is 3.07. The maximum absolute atomic E-state index is 8.79. The number of benzene rings is 1.